The Kier molecular flexibility index (Phi) is 4.17. The molecule has 1 N–H and O–H groups in total. The molecule has 0 saturated heterocycles. The fourth-order valence-corrected chi connectivity index (χ4v) is 1.55. The second-order valence-electron chi connectivity index (χ2n) is 3.88. The molecule has 0 saturated carbocycles. The molecule has 0 radical (unpaired) electrons. The van der Waals surface area contributed by atoms with Crippen molar-refractivity contribution in [3.8, 4) is 5.88 Å². The van der Waals surface area contributed by atoms with Gasteiger partial charge in [-0.05, 0) is 18.6 Å². The zero-order chi connectivity index (χ0) is 12.8. The fraction of sp³-hybridized carbons (Fsp3) is 0.385. The maximum atomic E-state index is 5.60. The van der Waals surface area contributed by atoms with E-state index in [-0.39, 0.29) is 0 Å². The van der Waals surface area contributed by atoms with Crippen LogP contribution in [0.15, 0.2) is 28.9 Å². The van der Waals surface area contributed by atoms with E-state index in [9.17, 15) is 0 Å². The molecule has 0 fully saturated rings. The predicted molar refractivity (Wildman–Crippen MR) is 68.6 cm³/mol. The third-order valence-corrected chi connectivity index (χ3v) is 2.42. The number of ether oxygens (including phenoxy) is 1. The average molecular weight is 247 g/mol. The summed E-state index contributed by atoms with van der Waals surface area (Å²) in [7, 11) is 1.83. The van der Waals surface area contributed by atoms with Crippen molar-refractivity contribution >= 4 is 5.82 Å². The summed E-state index contributed by atoms with van der Waals surface area (Å²) < 4.78 is 10.8. The molecule has 2 rings (SSSR count). The van der Waals surface area contributed by atoms with Gasteiger partial charge in [-0.15, -0.1) is 0 Å². The van der Waals surface area contributed by atoms with Crippen molar-refractivity contribution in [2.45, 2.75) is 26.4 Å². The van der Waals surface area contributed by atoms with Gasteiger partial charge in [-0.3, -0.25) is 0 Å². The number of hydrogen-bond acceptors (Lipinski definition) is 5. The average Bonchev–Trinajstić information content (AvgIpc) is 2.89. The summed E-state index contributed by atoms with van der Waals surface area (Å²) in [6.45, 7) is 2.47. The van der Waals surface area contributed by atoms with Gasteiger partial charge in [-0.2, -0.15) is 4.98 Å². The third-order valence-electron chi connectivity index (χ3n) is 2.42. The fourth-order valence-electron chi connectivity index (χ4n) is 1.55. The normalized spacial score (nSPS) is 10.3. The lowest BCUT2D eigenvalue weighted by Gasteiger charge is -2.08. The minimum atomic E-state index is 0.374. The van der Waals surface area contributed by atoms with Crippen LogP contribution in [-0.2, 0) is 13.0 Å². The van der Waals surface area contributed by atoms with Crippen molar-refractivity contribution in [2.75, 3.05) is 12.4 Å². The Balaban J connectivity index is 2.08. The molecule has 2 aromatic rings. The van der Waals surface area contributed by atoms with Gasteiger partial charge in [0, 0.05) is 19.5 Å². The lowest BCUT2D eigenvalue weighted by molar-refractivity contribution is 0.259. The standard InChI is InChI=1S/C13H17N3O2/c1-3-5-11-15-12(14-2)8-13(16-11)18-9-10-6-4-7-17-10/h4,6-8H,3,5,9H2,1-2H3,(H,14,15,16). The maximum Gasteiger partial charge on any atom is 0.219 e. The van der Waals surface area contributed by atoms with Crippen LogP contribution in [0.5, 0.6) is 5.88 Å². The molecule has 0 amide bonds. The summed E-state index contributed by atoms with van der Waals surface area (Å²) in [4.78, 5) is 8.72. The van der Waals surface area contributed by atoms with E-state index in [1.54, 1.807) is 12.3 Å². The molecule has 18 heavy (non-hydrogen) atoms. The molecule has 0 spiro atoms. The van der Waals surface area contributed by atoms with E-state index in [1.165, 1.54) is 0 Å². The Morgan fingerprint density at radius 3 is 2.94 bits per heavy atom. The van der Waals surface area contributed by atoms with Gasteiger partial charge in [0.15, 0.2) is 0 Å². The van der Waals surface area contributed by atoms with Crippen LogP contribution in [0.1, 0.15) is 24.9 Å². The Hall–Kier alpha value is -2.04. The number of nitrogens with zero attached hydrogens (tertiary/aromatic N) is 2. The summed E-state index contributed by atoms with van der Waals surface area (Å²) in [6, 6.07) is 5.48. The minimum Gasteiger partial charge on any atom is -0.469 e. The van der Waals surface area contributed by atoms with E-state index in [0.29, 0.717) is 12.5 Å². The topological polar surface area (TPSA) is 60.2 Å². The van der Waals surface area contributed by atoms with Gasteiger partial charge in [-0.1, -0.05) is 6.92 Å². The van der Waals surface area contributed by atoms with Crippen LogP contribution in [0, 0.1) is 0 Å². The van der Waals surface area contributed by atoms with Crippen molar-refractivity contribution in [3.05, 3.63) is 36.0 Å². The van der Waals surface area contributed by atoms with Crippen LogP contribution in [0.3, 0.4) is 0 Å². The Labute approximate surface area is 106 Å². The first-order valence-electron chi connectivity index (χ1n) is 6.02. The van der Waals surface area contributed by atoms with Crippen LogP contribution in [-0.4, -0.2) is 17.0 Å². The van der Waals surface area contributed by atoms with Crippen molar-refractivity contribution in [3.63, 3.8) is 0 Å². The quantitative estimate of drug-likeness (QED) is 0.850. The molecular formula is C13H17N3O2. The van der Waals surface area contributed by atoms with Crippen molar-refractivity contribution in [1.82, 2.24) is 9.97 Å². The largest absolute Gasteiger partial charge is 0.469 e. The van der Waals surface area contributed by atoms with Gasteiger partial charge in [0.25, 0.3) is 0 Å². The molecule has 96 valence electrons. The molecule has 2 aromatic heterocycles. The lowest BCUT2D eigenvalue weighted by atomic mass is 10.3. The van der Waals surface area contributed by atoms with Gasteiger partial charge in [0.2, 0.25) is 5.88 Å². The second-order valence-corrected chi connectivity index (χ2v) is 3.88. The molecule has 0 aromatic carbocycles. The summed E-state index contributed by atoms with van der Waals surface area (Å²) in [5, 5.41) is 3.00. The third kappa shape index (κ3) is 3.23. The van der Waals surface area contributed by atoms with Gasteiger partial charge >= 0.3 is 0 Å². The monoisotopic (exact) mass is 247 g/mol. The van der Waals surface area contributed by atoms with E-state index in [2.05, 4.69) is 22.2 Å². The van der Waals surface area contributed by atoms with Crippen molar-refractivity contribution in [2.24, 2.45) is 0 Å². The molecule has 0 aliphatic carbocycles. The Bertz CT molecular complexity index is 483. The molecular weight excluding hydrogens is 230 g/mol. The minimum absolute atomic E-state index is 0.374. The molecule has 0 bridgehead atoms. The van der Waals surface area contributed by atoms with E-state index in [1.807, 2.05) is 19.2 Å². The molecule has 2 heterocycles. The Morgan fingerprint density at radius 2 is 2.28 bits per heavy atom. The number of hydrogen-bond donors (Lipinski definition) is 1. The van der Waals surface area contributed by atoms with Crippen LogP contribution in [0.4, 0.5) is 5.82 Å². The highest BCUT2D eigenvalue weighted by atomic mass is 16.5. The highest BCUT2D eigenvalue weighted by molar-refractivity contribution is 5.37. The van der Waals surface area contributed by atoms with Crippen LogP contribution in [0.25, 0.3) is 0 Å². The van der Waals surface area contributed by atoms with Gasteiger partial charge in [-0.25, -0.2) is 4.98 Å². The SMILES string of the molecule is CCCc1nc(NC)cc(OCc2ccco2)n1. The van der Waals surface area contributed by atoms with Crippen LogP contribution >= 0.6 is 0 Å². The van der Waals surface area contributed by atoms with Crippen LogP contribution < -0.4 is 10.1 Å². The predicted octanol–water partition coefficient (Wildman–Crippen LogP) is 2.64. The number of aromatic nitrogens is 2. The number of nitrogens with one attached hydrogen (secondary N) is 1. The number of aryl methyl sites for hydroxylation is 1. The summed E-state index contributed by atoms with van der Waals surface area (Å²) in [6.07, 6.45) is 3.47. The molecule has 0 aliphatic rings. The number of rotatable bonds is 6. The van der Waals surface area contributed by atoms with Gasteiger partial charge < -0.3 is 14.5 Å². The van der Waals surface area contributed by atoms with Crippen molar-refractivity contribution < 1.29 is 9.15 Å². The number of furan rings is 1. The van der Waals surface area contributed by atoms with Gasteiger partial charge in [0.05, 0.1) is 6.26 Å². The first-order valence-corrected chi connectivity index (χ1v) is 6.02. The molecule has 0 atom stereocenters. The van der Waals surface area contributed by atoms with Crippen LogP contribution in [0.2, 0.25) is 0 Å². The highest BCUT2D eigenvalue weighted by Gasteiger charge is 2.05. The summed E-state index contributed by atoms with van der Waals surface area (Å²) in [5.41, 5.74) is 0. The molecule has 5 heteroatoms. The zero-order valence-electron chi connectivity index (χ0n) is 10.6. The zero-order valence-corrected chi connectivity index (χ0v) is 10.6. The first kappa shape index (κ1) is 12.4. The van der Waals surface area contributed by atoms with E-state index in [4.69, 9.17) is 9.15 Å². The van der Waals surface area contributed by atoms with Crippen molar-refractivity contribution in [1.29, 1.82) is 0 Å². The van der Waals surface area contributed by atoms with Gasteiger partial charge in [0.1, 0.15) is 24.0 Å². The van der Waals surface area contributed by atoms with E-state index in [0.717, 1.165) is 30.2 Å². The Morgan fingerprint density at radius 1 is 1.39 bits per heavy atom. The highest BCUT2D eigenvalue weighted by Crippen LogP contribution is 2.15. The number of anilines is 1. The lowest BCUT2D eigenvalue weighted by Crippen LogP contribution is -2.04. The second kappa shape index (κ2) is 6.05. The summed E-state index contributed by atoms with van der Waals surface area (Å²) in [5.74, 6) is 2.90. The molecule has 0 aliphatic heterocycles. The summed E-state index contributed by atoms with van der Waals surface area (Å²) >= 11 is 0. The molecule has 5 nitrogen and oxygen atoms in total. The first-order chi connectivity index (χ1) is 8.81. The maximum absolute atomic E-state index is 5.60. The smallest absolute Gasteiger partial charge is 0.219 e. The van der Waals surface area contributed by atoms with E-state index < -0.39 is 0 Å². The molecule has 0 unspecified atom stereocenters. The van der Waals surface area contributed by atoms with E-state index >= 15 is 0 Å².